The van der Waals surface area contributed by atoms with E-state index >= 15 is 0 Å². The molecule has 0 aliphatic heterocycles. The topological polar surface area (TPSA) is 56.7 Å². The molecular weight excluding hydrogens is 1020 g/mol. The fourth-order valence-corrected chi connectivity index (χ4v) is 9.72. The number of imidazole rings is 1. The summed E-state index contributed by atoms with van der Waals surface area (Å²) < 4.78 is 9.23. The van der Waals surface area contributed by atoms with Crippen LogP contribution >= 0.6 is 0 Å². The molecule has 4 aliphatic carbocycles. The zero-order chi connectivity index (χ0) is 46.1. The first-order valence-electron chi connectivity index (χ1n) is 23.9. The smallest absolute Gasteiger partial charge is 0.216 e. The van der Waals surface area contributed by atoms with E-state index in [-0.39, 0.29) is 31.9 Å². The van der Waals surface area contributed by atoms with E-state index in [0.717, 1.165) is 81.4 Å². The molecule has 0 saturated heterocycles. The van der Waals surface area contributed by atoms with E-state index in [1.807, 2.05) is 48.5 Å². The molecule has 4 heterocycles. The molecule has 0 saturated carbocycles. The minimum atomic E-state index is 0. The summed E-state index contributed by atoms with van der Waals surface area (Å²) in [5, 5.41) is 2.00. The Labute approximate surface area is 418 Å². The standard InChI is InChI=1S/C52H44N3O.C11H8N.Ir/c1-32(2)43-30-39(37-11-6-5-7-12-37)31-44(33(3)4)49(43)55-48-16-9-8-15-47(48)53-51(55)42-14-10-13-40-41-27-28-46(54-52(41)56-50(40)42)45-29-36-22-21-34-17-19-35(20-18-34)23-25-38(45)26-24-36;1-2-6-10(7-3-1)11-8-4-5-9-12-11;/h5-13,15-20,24,26-33H,21-23,25H2,1-4H3;1-6,8-9H;/q2*-1;. The van der Waals surface area contributed by atoms with Crippen LogP contribution in [0.5, 0.6) is 0 Å². The zero-order valence-corrected chi connectivity index (χ0v) is 41.7. The van der Waals surface area contributed by atoms with Crippen LogP contribution in [0.1, 0.15) is 72.9 Å². The normalized spacial score (nSPS) is 12.3. The molecule has 11 aromatic rings. The second-order valence-electron chi connectivity index (χ2n) is 18.5. The van der Waals surface area contributed by atoms with Gasteiger partial charge < -0.3 is 14.0 Å². The predicted molar refractivity (Wildman–Crippen MR) is 279 cm³/mol. The summed E-state index contributed by atoms with van der Waals surface area (Å²) in [5.74, 6) is 1.34. The van der Waals surface area contributed by atoms with Gasteiger partial charge in [-0.25, -0.2) is 4.98 Å². The van der Waals surface area contributed by atoms with Crippen molar-refractivity contribution in [1.29, 1.82) is 0 Å². The Kier molecular flexibility index (Phi) is 13.0. The van der Waals surface area contributed by atoms with Gasteiger partial charge >= 0.3 is 0 Å². The van der Waals surface area contributed by atoms with Crippen molar-refractivity contribution in [2.75, 3.05) is 0 Å². The number of hydrogen-bond acceptors (Lipinski definition) is 4. The zero-order valence-electron chi connectivity index (χ0n) is 39.3. The largest absolute Gasteiger partial charge is 0.486 e. The Bertz CT molecular complexity index is 3490. The van der Waals surface area contributed by atoms with Crippen LogP contribution in [0.3, 0.4) is 0 Å². The third kappa shape index (κ3) is 9.11. The van der Waals surface area contributed by atoms with E-state index in [2.05, 4.69) is 177 Å². The number of benzene rings is 7. The number of rotatable bonds is 7. The Morgan fingerprint density at radius 2 is 1.25 bits per heavy atom. The van der Waals surface area contributed by atoms with E-state index in [4.69, 9.17) is 14.4 Å². The van der Waals surface area contributed by atoms with Gasteiger partial charge in [-0.15, -0.1) is 54.1 Å². The summed E-state index contributed by atoms with van der Waals surface area (Å²) in [6.45, 7) is 9.16. The van der Waals surface area contributed by atoms with E-state index < -0.39 is 0 Å². The molecule has 4 bridgehead atoms. The van der Waals surface area contributed by atoms with E-state index in [9.17, 15) is 0 Å². The van der Waals surface area contributed by atoms with Crippen LogP contribution in [-0.4, -0.2) is 19.5 Å². The van der Waals surface area contributed by atoms with Crippen LogP contribution in [0.4, 0.5) is 0 Å². The number of aromatic nitrogens is 4. The molecule has 7 aromatic carbocycles. The molecule has 4 aliphatic rings. The molecule has 1 radical (unpaired) electrons. The van der Waals surface area contributed by atoms with Crippen LogP contribution in [0.15, 0.2) is 187 Å². The first-order valence-corrected chi connectivity index (χ1v) is 23.9. The molecule has 0 fully saturated rings. The van der Waals surface area contributed by atoms with Gasteiger partial charge in [0.15, 0.2) is 0 Å². The summed E-state index contributed by atoms with van der Waals surface area (Å²) >= 11 is 0. The molecule has 0 atom stereocenters. The first-order chi connectivity index (χ1) is 33.4. The maximum absolute atomic E-state index is 6.86. The summed E-state index contributed by atoms with van der Waals surface area (Å²) in [6, 6.07) is 68.9. The molecule has 6 heteroatoms. The van der Waals surface area contributed by atoms with Crippen molar-refractivity contribution in [3.05, 3.63) is 228 Å². The third-order valence-electron chi connectivity index (χ3n) is 13.3. The first kappa shape index (κ1) is 45.5. The predicted octanol–water partition coefficient (Wildman–Crippen LogP) is 15.8. The van der Waals surface area contributed by atoms with Crippen molar-refractivity contribution < 1.29 is 24.5 Å². The average molecular weight is 1070 g/mol. The molecule has 69 heavy (non-hydrogen) atoms. The number of pyridine rings is 2. The number of aryl methyl sites for hydroxylation is 4. The van der Waals surface area contributed by atoms with Crippen LogP contribution in [0, 0.1) is 12.1 Å². The third-order valence-corrected chi connectivity index (χ3v) is 13.3. The fraction of sp³-hybridized carbons (Fsp3) is 0.159. The Morgan fingerprint density at radius 1 is 0.551 bits per heavy atom. The van der Waals surface area contributed by atoms with E-state index in [0.29, 0.717) is 5.71 Å². The Hall–Kier alpha value is -7.24. The second kappa shape index (κ2) is 19.8. The Morgan fingerprint density at radius 3 is 1.97 bits per heavy atom. The minimum absolute atomic E-state index is 0. The van der Waals surface area contributed by atoms with Crippen LogP contribution in [-0.2, 0) is 45.8 Å². The maximum atomic E-state index is 6.86. The molecule has 0 amide bonds. The number of fused-ring (bicyclic) bond motifs is 4. The summed E-state index contributed by atoms with van der Waals surface area (Å²) in [6.07, 6.45) is 5.74. The minimum Gasteiger partial charge on any atom is -0.486 e. The van der Waals surface area contributed by atoms with Gasteiger partial charge in [-0.1, -0.05) is 130 Å². The number of furan rings is 1. The second-order valence-corrected chi connectivity index (χ2v) is 18.5. The monoisotopic (exact) mass is 1070 g/mol. The molecule has 341 valence electrons. The van der Waals surface area contributed by atoms with Gasteiger partial charge in [0, 0.05) is 42.9 Å². The SMILES string of the molecule is CC(C)c1cc(-c2ccccc2)cc(C(C)C)c1-n1c(-c2[c-]ccc3c2oc2nc(-c4cc5ccc4CCc4ccc(cc4)CC5)ccc23)nc2ccccc21.[Ir].[c-]1ccccc1-c1ccccn1. The van der Waals surface area contributed by atoms with Gasteiger partial charge in [0.05, 0.1) is 28.1 Å². The van der Waals surface area contributed by atoms with Crippen molar-refractivity contribution >= 4 is 33.1 Å². The van der Waals surface area contributed by atoms with Gasteiger partial charge in [0.1, 0.15) is 0 Å². The van der Waals surface area contributed by atoms with Crippen molar-refractivity contribution in [3.8, 4) is 50.7 Å². The number of hydrogen-bond donors (Lipinski definition) is 0. The summed E-state index contributed by atoms with van der Waals surface area (Å²) in [5.41, 5.74) is 19.9. The van der Waals surface area contributed by atoms with Gasteiger partial charge in [-0.2, -0.15) is 0 Å². The van der Waals surface area contributed by atoms with Crippen LogP contribution < -0.4 is 0 Å². The molecule has 0 spiro atoms. The van der Waals surface area contributed by atoms with E-state index in [1.54, 1.807) is 6.20 Å². The van der Waals surface area contributed by atoms with Crippen molar-refractivity contribution in [2.24, 2.45) is 0 Å². The maximum Gasteiger partial charge on any atom is 0.216 e. The van der Waals surface area contributed by atoms with Gasteiger partial charge in [0.2, 0.25) is 5.71 Å². The molecule has 0 unspecified atom stereocenters. The van der Waals surface area contributed by atoms with Crippen LogP contribution in [0.25, 0.3) is 83.8 Å². The van der Waals surface area contributed by atoms with Gasteiger partial charge in [-0.3, -0.25) is 4.98 Å². The van der Waals surface area contributed by atoms with Gasteiger partial charge in [0.25, 0.3) is 0 Å². The number of para-hydroxylation sites is 2. The number of nitrogens with zero attached hydrogens (tertiary/aromatic N) is 4. The quantitative estimate of drug-likeness (QED) is 0.149. The molecular formula is C63H52IrN4O-2. The molecule has 15 rings (SSSR count). The molecule has 0 N–H and O–H groups in total. The molecule has 5 nitrogen and oxygen atoms in total. The van der Waals surface area contributed by atoms with Crippen molar-refractivity contribution in [1.82, 2.24) is 19.5 Å². The fourth-order valence-electron chi connectivity index (χ4n) is 9.72. The Balaban J connectivity index is 0.000000371. The average Bonchev–Trinajstić information content (AvgIpc) is 3.96. The van der Waals surface area contributed by atoms with Crippen LogP contribution in [0.2, 0.25) is 0 Å². The van der Waals surface area contributed by atoms with E-state index in [1.165, 1.54) is 55.8 Å². The van der Waals surface area contributed by atoms with Crippen molar-refractivity contribution in [2.45, 2.75) is 65.2 Å². The summed E-state index contributed by atoms with van der Waals surface area (Å²) in [4.78, 5) is 14.8. The summed E-state index contributed by atoms with van der Waals surface area (Å²) in [7, 11) is 0. The molecule has 4 aromatic heterocycles. The van der Waals surface area contributed by atoms with Gasteiger partial charge in [-0.05, 0) is 136 Å². The van der Waals surface area contributed by atoms with Crippen molar-refractivity contribution in [3.63, 3.8) is 0 Å².